The van der Waals surface area contributed by atoms with Crippen molar-refractivity contribution in [2.75, 3.05) is 12.9 Å². The standard InChI is InChI=1S/C3H6F2O5S2/c1-12(8,9)10-2-3(4,5)11(6)7/h2H2,1H3,(H,6,7)/p-1. The van der Waals surface area contributed by atoms with Gasteiger partial charge >= 0.3 is 5.25 Å². The molecule has 0 saturated carbocycles. The van der Waals surface area contributed by atoms with Crippen LogP contribution in [0.5, 0.6) is 0 Å². The van der Waals surface area contributed by atoms with Gasteiger partial charge in [0.05, 0.1) is 6.26 Å². The minimum atomic E-state index is -4.18. The molecule has 0 aliphatic carbocycles. The molecule has 0 amide bonds. The van der Waals surface area contributed by atoms with Gasteiger partial charge in [-0.05, 0) is 0 Å². The molecule has 0 aliphatic rings. The first-order chi connectivity index (χ1) is 5.15. The number of hydrogen-bond acceptors (Lipinski definition) is 5. The third kappa shape index (κ3) is 4.70. The summed E-state index contributed by atoms with van der Waals surface area (Å²) in [5.41, 5.74) is 0. The average molecular weight is 223 g/mol. The Balaban J connectivity index is 4.20. The molecule has 0 fully saturated rings. The lowest BCUT2D eigenvalue weighted by Crippen LogP contribution is -2.30. The minimum Gasteiger partial charge on any atom is -0.768 e. The Kier molecular flexibility index (Phi) is 3.69. The Morgan fingerprint density at radius 3 is 2.25 bits per heavy atom. The van der Waals surface area contributed by atoms with Gasteiger partial charge in [0.15, 0.2) is 0 Å². The van der Waals surface area contributed by atoms with Crippen molar-refractivity contribution in [1.29, 1.82) is 0 Å². The predicted molar refractivity (Wildman–Crippen MR) is 34.7 cm³/mol. The van der Waals surface area contributed by atoms with E-state index in [9.17, 15) is 26.0 Å². The van der Waals surface area contributed by atoms with Crippen LogP contribution in [0.4, 0.5) is 8.78 Å². The summed E-state index contributed by atoms with van der Waals surface area (Å²) in [6.45, 7) is -1.69. The van der Waals surface area contributed by atoms with Crippen LogP contribution in [0, 0.1) is 0 Å². The van der Waals surface area contributed by atoms with E-state index in [1.165, 1.54) is 0 Å². The van der Waals surface area contributed by atoms with Crippen LogP contribution in [0.2, 0.25) is 0 Å². The molecule has 1 unspecified atom stereocenters. The van der Waals surface area contributed by atoms with Crippen molar-refractivity contribution in [2.24, 2.45) is 0 Å². The van der Waals surface area contributed by atoms with Crippen LogP contribution in [0.3, 0.4) is 0 Å². The van der Waals surface area contributed by atoms with Crippen molar-refractivity contribution in [3.63, 3.8) is 0 Å². The highest BCUT2D eigenvalue weighted by atomic mass is 32.2. The smallest absolute Gasteiger partial charge is 0.333 e. The topological polar surface area (TPSA) is 83.5 Å². The van der Waals surface area contributed by atoms with Gasteiger partial charge in [0.2, 0.25) is 0 Å². The average Bonchev–Trinajstić information content (AvgIpc) is 1.82. The first-order valence-corrected chi connectivity index (χ1v) is 5.36. The molecular formula is C3H5F2O5S2-. The summed E-state index contributed by atoms with van der Waals surface area (Å²) in [6.07, 6.45) is 0.538. The molecule has 0 spiro atoms. The first kappa shape index (κ1) is 11.9. The normalized spacial score (nSPS) is 16.0. The molecule has 0 saturated heterocycles. The van der Waals surface area contributed by atoms with Crippen molar-refractivity contribution < 1.29 is 30.1 Å². The van der Waals surface area contributed by atoms with Crippen molar-refractivity contribution in [3.8, 4) is 0 Å². The molecule has 0 aromatic heterocycles. The van der Waals surface area contributed by atoms with Crippen molar-refractivity contribution in [3.05, 3.63) is 0 Å². The van der Waals surface area contributed by atoms with Crippen LogP contribution >= 0.6 is 0 Å². The Bertz CT molecular complexity index is 270. The molecule has 1 atom stereocenters. The third-order valence-electron chi connectivity index (χ3n) is 0.685. The second-order valence-electron chi connectivity index (χ2n) is 1.84. The molecule has 9 heteroatoms. The zero-order chi connectivity index (χ0) is 9.99. The zero-order valence-corrected chi connectivity index (χ0v) is 7.45. The summed E-state index contributed by atoms with van der Waals surface area (Å²) in [4.78, 5) is 0. The lowest BCUT2D eigenvalue weighted by molar-refractivity contribution is 0.0376. The van der Waals surface area contributed by atoms with Gasteiger partial charge < -0.3 is 4.55 Å². The number of hydrogen-bond donors (Lipinski definition) is 0. The molecular weight excluding hydrogens is 218 g/mol. The van der Waals surface area contributed by atoms with E-state index in [1.54, 1.807) is 0 Å². The van der Waals surface area contributed by atoms with Crippen molar-refractivity contribution >= 4 is 21.2 Å². The van der Waals surface area contributed by atoms with Crippen LogP contribution in [-0.4, -0.2) is 35.3 Å². The van der Waals surface area contributed by atoms with Crippen LogP contribution < -0.4 is 0 Å². The van der Waals surface area contributed by atoms with E-state index in [4.69, 9.17) is 0 Å². The minimum absolute atomic E-state index is 0.538. The van der Waals surface area contributed by atoms with Crippen LogP contribution in [-0.2, 0) is 25.4 Å². The monoisotopic (exact) mass is 223 g/mol. The van der Waals surface area contributed by atoms with Crippen molar-refractivity contribution in [1.82, 2.24) is 0 Å². The summed E-state index contributed by atoms with van der Waals surface area (Å²) in [5.74, 6) is 0. The van der Waals surface area contributed by atoms with Gasteiger partial charge in [-0.3, -0.25) is 8.39 Å². The molecule has 74 valence electrons. The molecule has 0 bridgehead atoms. The molecule has 0 aromatic carbocycles. The molecule has 0 N–H and O–H groups in total. The van der Waals surface area contributed by atoms with Crippen molar-refractivity contribution in [2.45, 2.75) is 5.25 Å². The molecule has 0 radical (unpaired) electrons. The maximum Gasteiger partial charge on any atom is 0.333 e. The molecule has 0 heterocycles. The third-order valence-corrected chi connectivity index (χ3v) is 1.84. The molecule has 0 rings (SSSR count). The number of rotatable bonds is 4. The van der Waals surface area contributed by atoms with Gasteiger partial charge in [0.25, 0.3) is 10.1 Å². The largest absolute Gasteiger partial charge is 0.768 e. The highest BCUT2D eigenvalue weighted by Gasteiger charge is 2.32. The SMILES string of the molecule is CS(=O)(=O)OCC(F)(F)S(=O)[O-]. The molecule has 0 aliphatic heterocycles. The van der Waals surface area contributed by atoms with E-state index in [2.05, 4.69) is 4.18 Å². The fourth-order valence-corrected chi connectivity index (χ4v) is 0.816. The fraction of sp³-hybridized carbons (Fsp3) is 1.00. The lowest BCUT2D eigenvalue weighted by atomic mass is 10.8. The fourth-order valence-electron chi connectivity index (χ4n) is 0.224. The molecule has 12 heavy (non-hydrogen) atoms. The number of halogens is 2. The van der Waals surface area contributed by atoms with E-state index in [-0.39, 0.29) is 0 Å². The van der Waals surface area contributed by atoms with Gasteiger partial charge in [0, 0.05) is 11.1 Å². The molecule has 0 aromatic rings. The lowest BCUT2D eigenvalue weighted by Gasteiger charge is -2.17. The predicted octanol–water partition coefficient (Wildman–Crippen LogP) is -0.565. The van der Waals surface area contributed by atoms with E-state index >= 15 is 0 Å². The highest BCUT2D eigenvalue weighted by Crippen LogP contribution is 2.17. The highest BCUT2D eigenvalue weighted by molar-refractivity contribution is 7.86. The van der Waals surface area contributed by atoms with Gasteiger partial charge in [-0.1, -0.05) is 0 Å². The summed E-state index contributed by atoms with van der Waals surface area (Å²) < 4.78 is 67.4. The quantitative estimate of drug-likeness (QED) is 0.471. The maximum atomic E-state index is 12.1. The zero-order valence-electron chi connectivity index (χ0n) is 5.82. The van der Waals surface area contributed by atoms with E-state index < -0.39 is 33.1 Å². The number of alkyl halides is 2. The second-order valence-corrected chi connectivity index (χ2v) is 4.55. The van der Waals surface area contributed by atoms with Crippen LogP contribution in [0.1, 0.15) is 0 Å². The van der Waals surface area contributed by atoms with Gasteiger partial charge in [-0.15, -0.1) is 0 Å². The van der Waals surface area contributed by atoms with Gasteiger partial charge in [-0.25, -0.2) is 0 Å². The van der Waals surface area contributed by atoms with E-state index in [0.29, 0.717) is 6.26 Å². The maximum absolute atomic E-state index is 12.1. The van der Waals surface area contributed by atoms with Gasteiger partial charge in [0.1, 0.15) is 6.61 Å². The Morgan fingerprint density at radius 1 is 1.58 bits per heavy atom. The first-order valence-electron chi connectivity index (χ1n) is 2.47. The summed E-state index contributed by atoms with van der Waals surface area (Å²) in [5, 5.41) is -4.18. The van der Waals surface area contributed by atoms with Gasteiger partial charge in [-0.2, -0.15) is 17.2 Å². The summed E-state index contributed by atoms with van der Waals surface area (Å²) in [6, 6.07) is 0. The Hall–Kier alpha value is -0.120. The second kappa shape index (κ2) is 3.73. The van der Waals surface area contributed by atoms with Crippen LogP contribution in [0.15, 0.2) is 0 Å². The Morgan fingerprint density at radius 2 is 2.00 bits per heavy atom. The summed E-state index contributed by atoms with van der Waals surface area (Å²) >= 11 is -3.68. The molecule has 5 nitrogen and oxygen atoms in total. The van der Waals surface area contributed by atoms with E-state index in [0.717, 1.165) is 0 Å². The Labute approximate surface area is 70.1 Å². The van der Waals surface area contributed by atoms with Crippen LogP contribution in [0.25, 0.3) is 0 Å². The summed E-state index contributed by atoms with van der Waals surface area (Å²) in [7, 11) is -4.04. The van der Waals surface area contributed by atoms with E-state index in [1.807, 2.05) is 0 Å².